The van der Waals surface area contributed by atoms with Crippen molar-refractivity contribution in [1.29, 1.82) is 0 Å². The highest BCUT2D eigenvalue weighted by Gasteiger charge is 2.20. The predicted octanol–water partition coefficient (Wildman–Crippen LogP) is 1.44. The Bertz CT molecular complexity index is 197. The fourth-order valence-electron chi connectivity index (χ4n) is 1.83. The van der Waals surface area contributed by atoms with Gasteiger partial charge in [0.15, 0.2) is 0 Å². The molecule has 82 valence electrons. The number of carbonyl (C=O) groups is 1. The van der Waals surface area contributed by atoms with Crippen LogP contribution < -0.4 is 5.32 Å². The third-order valence-corrected chi connectivity index (χ3v) is 3.10. The molecule has 1 fully saturated rings. The van der Waals surface area contributed by atoms with E-state index >= 15 is 0 Å². The summed E-state index contributed by atoms with van der Waals surface area (Å²) in [5.74, 6) is 0.485. The maximum absolute atomic E-state index is 11.2. The van der Waals surface area contributed by atoms with E-state index in [0.717, 1.165) is 25.7 Å². The van der Waals surface area contributed by atoms with Gasteiger partial charge in [-0.05, 0) is 32.1 Å². The lowest BCUT2D eigenvalue weighted by Crippen LogP contribution is -2.35. The first-order valence-corrected chi connectivity index (χ1v) is 6.11. The van der Waals surface area contributed by atoms with Gasteiger partial charge in [0.2, 0.25) is 5.91 Å². The number of alkyl halides is 1. The molecule has 4 heteroatoms. The summed E-state index contributed by atoms with van der Waals surface area (Å²) >= 11 is 3.22. The van der Waals surface area contributed by atoms with Gasteiger partial charge in [-0.1, -0.05) is 22.4 Å². The molecular weight excluding hydrogens is 246 g/mol. The molecule has 0 spiro atoms. The average Bonchev–Trinajstić information content (AvgIpc) is 2.14. The number of hydrogen-bond acceptors (Lipinski definition) is 2. The number of amides is 1. The van der Waals surface area contributed by atoms with E-state index in [9.17, 15) is 9.90 Å². The lowest BCUT2D eigenvalue weighted by Gasteiger charge is -2.26. The first-order chi connectivity index (χ1) is 6.59. The maximum atomic E-state index is 11.2. The van der Waals surface area contributed by atoms with E-state index in [2.05, 4.69) is 21.2 Å². The Morgan fingerprint density at radius 2 is 2.36 bits per heavy atom. The van der Waals surface area contributed by atoms with Gasteiger partial charge < -0.3 is 10.4 Å². The van der Waals surface area contributed by atoms with Crippen LogP contribution in [0.25, 0.3) is 0 Å². The van der Waals surface area contributed by atoms with Crippen LogP contribution in [-0.2, 0) is 4.79 Å². The molecule has 14 heavy (non-hydrogen) atoms. The molecule has 1 aliphatic rings. The van der Waals surface area contributed by atoms with Crippen LogP contribution in [-0.4, -0.2) is 28.5 Å². The largest absolute Gasteiger partial charge is 0.393 e. The van der Waals surface area contributed by atoms with Crippen molar-refractivity contribution in [1.82, 2.24) is 5.32 Å². The molecule has 2 N–H and O–H groups in total. The van der Waals surface area contributed by atoms with E-state index < -0.39 is 0 Å². The van der Waals surface area contributed by atoms with Gasteiger partial charge in [0.25, 0.3) is 0 Å². The molecule has 1 saturated carbocycles. The minimum atomic E-state index is -0.160. The summed E-state index contributed by atoms with van der Waals surface area (Å²) in [7, 11) is 0. The van der Waals surface area contributed by atoms with E-state index in [1.165, 1.54) is 0 Å². The third-order valence-electron chi connectivity index (χ3n) is 2.68. The Morgan fingerprint density at radius 1 is 1.64 bits per heavy atom. The zero-order chi connectivity index (χ0) is 10.6. The van der Waals surface area contributed by atoms with Gasteiger partial charge in [0.05, 0.1) is 10.9 Å². The van der Waals surface area contributed by atoms with Gasteiger partial charge in [-0.2, -0.15) is 0 Å². The molecule has 0 aromatic rings. The van der Waals surface area contributed by atoms with Crippen LogP contribution in [0.4, 0.5) is 0 Å². The molecule has 0 bridgehead atoms. The topological polar surface area (TPSA) is 49.3 Å². The highest BCUT2D eigenvalue weighted by molar-refractivity contribution is 9.10. The van der Waals surface area contributed by atoms with E-state index in [4.69, 9.17) is 0 Å². The first-order valence-electron chi connectivity index (χ1n) is 5.19. The van der Waals surface area contributed by atoms with Crippen molar-refractivity contribution in [2.24, 2.45) is 5.92 Å². The molecule has 1 amide bonds. The van der Waals surface area contributed by atoms with Crippen molar-refractivity contribution in [2.45, 2.75) is 43.5 Å². The van der Waals surface area contributed by atoms with Gasteiger partial charge in [0, 0.05) is 6.54 Å². The average molecular weight is 264 g/mol. The lowest BCUT2D eigenvalue weighted by molar-refractivity contribution is -0.120. The second-order valence-electron chi connectivity index (χ2n) is 4.05. The quantitative estimate of drug-likeness (QED) is 0.758. The monoisotopic (exact) mass is 263 g/mol. The number of nitrogens with one attached hydrogen (secondary N) is 1. The van der Waals surface area contributed by atoms with Crippen molar-refractivity contribution in [2.75, 3.05) is 6.54 Å². The summed E-state index contributed by atoms with van der Waals surface area (Å²) < 4.78 is 0. The van der Waals surface area contributed by atoms with Crippen LogP contribution >= 0.6 is 15.9 Å². The van der Waals surface area contributed by atoms with Crippen LogP contribution in [0.15, 0.2) is 0 Å². The number of halogens is 1. The molecule has 0 aromatic carbocycles. The van der Waals surface area contributed by atoms with Crippen molar-refractivity contribution >= 4 is 21.8 Å². The second kappa shape index (κ2) is 5.71. The first kappa shape index (κ1) is 12.0. The molecule has 3 atom stereocenters. The van der Waals surface area contributed by atoms with Gasteiger partial charge in [-0.15, -0.1) is 0 Å². The highest BCUT2D eigenvalue weighted by atomic mass is 79.9. The van der Waals surface area contributed by atoms with Crippen LogP contribution in [0, 0.1) is 5.92 Å². The van der Waals surface area contributed by atoms with Crippen LogP contribution in [0.5, 0.6) is 0 Å². The van der Waals surface area contributed by atoms with Crippen molar-refractivity contribution in [3.8, 4) is 0 Å². The summed E-state index contributed by atoms with van der Waals surface area (Å²) in [4.78, 5) is 11.1. The standard InChI is InChI=1S/C10H18BrNO2/c1-7(11)10(14)12-6-8-3-2-4-9(13)5-8/h7-9,13H,2-6H2,1H3,(H,12,14). The van der Waals surface area contributed by atoms with Gasteiger partial charge in [0.1, 0.15) is 0 Å². The zero-order valence-electron chi connectivity index (χ0n) is 8.50. The number of aliphatic hydroxyl groups is 1. The van der Waals surface area contributed by atoms with Crippen molar-refractivity contribution < 1.29 is 9.90 Å². The molecule has 1 rings (SSSR count). The molecule has 0 aliphatic heterocycles. The SMILES string of the molecule is CC(Br)C(=O)NCC1CCCC(O)C1. The minimum Gasteiger partial charge on any atom is -0.393 e. The maximum Gasteiger partial charge on any atom is 0.233 e. The molecule has 0 saturated heterocycles. The minimum absolute atomic E-state index is 0.0325. The summed E-state index contributed by atoms with van der Waals surface area (Å²) in [6.45, 7) is 2.51. The Hall–Kier alpha value is -0.0900. The molecule has 1 aliphatic carbocycles. The molecule has 0 aromatic heterocycles. The molecule has 3 nitrogen and oxygen atoms in total. The predicted molar refractivity (Wildman–Crippen MR) is 59.4 cm³/mol. The van der Waals surface area contributed by atoms with Crippen LogP contribution in [0.2, 0.25) is 0 Å². The normalized spacial score (nSPS) is 29.6. The van der Waals surface area contributed by atoms with Gasteiger partial charge >= 0.3 is 0 Å². The number of carbonyl (C=O) groups excluding carboxylic acids is 1. The van der Waals surface area contributed by atoms with Gasteiger partial charge in [-0.3, -0.25) is 4.79 Å². The lowest BCUT2D eigenvalue weighted by atomic mass is 9.87. The van der Waals surface area contributed by atoms with E-state index in [-0.39, 0.29) is 16.8 Å². The van der Waals surface area contributed by atoms with Gasteiger partial charge in [-0.25, -0.2) is 0 Å². The number of hydrogen-bond donors (Lipinski definition) is 2. The molecule has 0 radical (unpaired) electrons. The fraction of sp³-hybridized carbons (Fsp3) is 0.900. The van der Waals surface area contributed by atoms with Crippen LogP contribution in [0.3, 0.4) is 0 Å². The number of rotatable bonds is 3. The molecule has 3 unspecified atom stereocenters. The second-order valence-corrected chi connectivity index (χ2v) is 5.42. The summed E-state index contributed by atoms with van der Waals surface area (Å²) in [6, 6.07) is 0. The van der Waals surface area contributed by atoms with E-state index in [1.54, 1.807) is 0 Å². The number of aliphatic hydroxyl groups excluding tert-OH is 1. The summed E-state index contributed by atoms with van der Waals surface area (Å²) in [5.41, 5.74) is 0. The van der Waals surface area contributed by atoms with E-state index in [1.807, 2.05) is 6.92 Å². The Morgan fingerprint density at radius 3 is 2.93 bits per heavy atom. The molecule has 0 heterocycles. The zero-order valence-corrected chi connectivity index (χ0v) is 10.1. The third kappa shape index (κ3) is 3.96. The summed E-state index contributed by atoms with van der Waals surface area (Å²) in [5, 5.41) is 12.3. The fourth-order valence-corrected chi connectivity index (χ4v) is 2.00. The molecular formula is C10H18BrNO2. The van der Waals surface area contributed by atoms with Crippen molar-refractivity contribution in [3.05, 3.63) is 0 Å². The Kier molecular flexibility index (Phi) is 4.89. The smallest absolute Gasteiger partial charge is 0.233 e. The highest BCUT2D eigenvalue weighted by Crippen LogP contribution is 2.23. The Balaban J connectivity index is 2.20. The van der Waals surface area contributed by atoms with E-state index in [0.29, 0.717) is 12.5 Å². The van der Waals surface area contributed by atoms with Crippen molar-refractivity contribution in [3.63, 3.8) is 0 Å². The van der Waals surface area contributed by atoms with Crippen LogP contribution in [0.1, 0.15) is 32.6 Å². The Labute approximate surface area is 93.4 Å². The summed E-state index contributed by atoms with van der Waals surface area (Å²) in [6.07, 6.45) is 3.78.